The first kappa shape index (κ1) is 83.3. The maximum Gasteiger partial charge on any atom is 0.305 e. The zero-order valence-corrected chi connectivity index (χ0v) is 57.9. The topological polar surface area (TPSA) is 95.9 Å². The largest absolute Gasteiger partial charge is 0.466 e. The van der Waals surface area contributed by atoms with E-state index in [0.29, 0.717) is 19.4 Å². The maximum absolute atomic E-state index is 12.5. The zero-order chi connectivity index (χ0) is 61.3. The van der Waals surface area contributed by atoms with E-state index in [9.17, 15) is 19.8 Å². The van der Waals surface area contributed by atoms with E-state index < -0.39 is 12.1 Å². The third-order valence-electron chi connectivity index (χ3n) is 18.5. The number of nitrogens with one attached hydrogen (secondary N) is 1. The number of amides is 1. The molecule has 85 heavy (non-hydrogen) atoms. The highest BCUT2D eigenvalue weighted by molar-refractivity contribution is 5.76. The molecule has 0 bridgehead atoms. The number of unbranched alkanes of at least 4 members (excludes halogenated alkanes) is 61. The van der Waals surface area contributed by atoms with Crippen LogP contribution in [0.25, 0.3) is 0 Å². The molecule has 0 aliphatic rings. The molecular formula is C79H153NO5. The molecule has 2 unspecified atom stereocenters. The van der Waals surface area contributed by atoms with Crippen LogP contribution in [0.4, 0.5) is 0 Å². The predicted molar refractivity (Wildman–Crippen MR) is 375 cm³/mol. The fourth-order valence-corrected chi connectivity index (χ4v) is 12.5. The Morgan fingerprint density at radius 1 is 0.318 bits per heavy atom. The summed E-state index contributed by atoms with van der Waals surface area (Å²) in [7, 11) is 0. The lowest BCUT2D eigenvalue weighted by atomic mass is 10.0. The van der Waals surface area contributed by atoms with Crippen LogP contribution in [0.2, 0.25) is 0 Å². The molecule has 0 aromatic heterocycles. The van der Waals surface area contributed by atoms with Crippen molar-refractivity contribution < 1.29 is 24.5 Å². The van der Waals surface area contributed by atoms with Crippen LogP contribution in [-0.2, 0) is 14.3 Å². The van der Waals surface area contributed by atoms with E-state index in [2.05, 4.69) is 31.3 Å². The predicted octanol–water partition coefficient (Wildman–Crippen LogP) is 25.7. The van der Waals surface area contributed by atoms with E-state index >= 15 is 0 Å². The van der Waals surface area contributed by atoms with Crippen LogP contribution in [0.3, 0.4) is 0 Å². The lowest BCUT2D eigenvalue weighted by molar-refractivity contribution is -0.143. The lowest BCUT2D eigenvalue weighted by Crippen LogP contribution is -2.45. The van der Waals surface area contributed by atoms with Gasteiger partial charge in [0.05, 0.1) is 25.4 Å². The highest BCUT2D eigenvalue weighted by Crippen LogP contribution is 2.20. The molecule has 2 atom stereocenters. The summed E-state index contributed by atoms with van der Waals surface area (Å²) in [5.74, 6) is -0.0433. The van der Waals surface area contributed by atoms with Crippen molar-refractivity contribution >= 4 is 11.9 Å². The molecule has 0 aliphatic heterocycles. The summed E-state index contributed by atoms with van der Waals surface area (Å²) in [5, 5.41) is 23.3. The van der Waals surface area contributed by atoms with Gasteiger partial charge in [0.15, 0.2) is 0 Å². The van der Waals surface area contributed by atoms with Crippen molar-refractivity contribution in [2.45, 2.75) is 456 Å². The fraction of sp³-hybridized carbons (Fsp3) is 0.924. The van der Waals surface area contributed by atoms with Crippen LogP contribution in [0.15, 0.2) is 24.3 Å². The van der Waals surface area contributed by atoms with E-state index in [0.717, 1.165) is 44.9 Å². The van der Waals surface area contributed by atoms with Gasteiger partial charge in [0.2, 0.25) is 5.91 Å². The van der Waals surface area contributed by atoms with Gasteiger partial charge in [-0.1, -0.05) is 398 Å². The molecule has 1 amide bonds. The van der Waals surface area contributed by atoms with Gasteiger partial charge in [0, 0.05) is 12.8 Å². The third kappa shape index (κ3) is 71.3. The average Bonchev–Trinajstić information content (AvgIpc) is 3.51. The molecular weight excluding hydrogens is 1040 g/mol. The maximum atomic E-state index is 12.5. The summed E-state index contributed by atoms with van der Waals surface area (Å²) in [5.41, 5.74) is 0. The molecule has 0 aliphatic carbocycles. The first-order chi connectivity index (χ1) is 42.0. The minimum absolute atomic E-state index is 0.0166. The molecule has 0 heterocycles. The number of aliphatic hydroxyl groups excluding tert-OH is 2. The van der Waals surface area contributed by atoms with E-state index in [4.69, 9.17) is 4.74 Å². The number of carbonyl (C=O) groups is 2. The van der Waals surface area contributed by atoms with Crippen LogP contribution < -0.4 is 5.32 Å². The quantitative estimate of drug-likeness (QED) is 0.0320. The van der Waals surface area contributed by atoms with E-state index in [1.165, 1.54) is 372 Å². The zero-order valence-electron chi connectivity index (χ0n) is 57.9. The summed E-state index contributed by atoms with van der Waals surface area (Å²) < 4.78 is 5.51. The Kier molecular flexibility index (Phi) is 73.3. The van der Waals surface area contributed by atoms with Crippen molar-refractivity contribution in [1.29, 1.82) is 0 Å². The van der Waals surface area contributed by atoms with Crippen molar-refractivity contribution in [2.24, 2.45) is 0 Å². The number of ether oxygens (including phenoxy) is 1. The molecule has 0 saturated heterocycles. The average molecular weight is 1200 g/mol. The van der Waals surface area contributed by atoms with Crippen LogP contribution in [0.1, 0.15) is 444 Å². The van der Waals surface area contributed by atoms with E-state index in [-0.39, 0.29) is 18.5 Å². The summed E-state index contributed by atoms with van der Waals surface area (Å²) in [4.78, 5) is 24.7. The second-order valence-corrected chi connectivity index (χ2v) is 27.0. The SMILES string of the molecule is CCCCCCCCC/C=C\CCCCCCCCCC(=O)OCCCCCCCCCCCCCCCCCCCCCCCCCCCCCCC(=O)NC(CO)C(O)/C=C/CCCCCCCCCCCCCCCCCCCCCC. The van der Waals surface area contributed by atoms with Gasteiger partial charge in [0.1, 0.15) is 0 Å². The van der Waals surface area contributed by atoms with Gasteiger partial charge in [0.25, 0.3) is 0 Å². The Morgan fingerprint density at radius 3 is 0.835 bits per heavy atom. The summed E-state index contributed by atoms with van der Waals surface area (Å²) >= 11 is 0. The smallest absolute Gasteiger partial charge is 0.305 e. The first-order valence-electron chi connectivity index (χ1n) is 39.1. The number of esters is 1. The molecule has 0 rings (SSSR count). The number of hydrogen-bond donors (Lipinski definition) is 3. The Labute approximate surface area is 532 Å². The molecule has 504 valence electrons. The van der Waals surface area contributed by atoms with Gasteiger partial charge < -0.3 is 20.3 Å². The van der Waals surface area contributed by atoms with E-state index in [1.807, 2.05) is 6.08 Å². The van der Waals surface area contributed by atoms with Crippen LogP contribution in [0.5, 0.6) is 0 Å². The molecule has 0 spiro atoms. The second kappa shape index (κ2) is 74.8. The molecule has 6 heteroatoms. The van der Waals surface area contributed by atoms with Crippen LogP contribution >= 0.6 is 0 Å². The summed E-state index contributed by atoms with van der Waals surface area (Å²) in [6.45, 7) is 4.95. The van der Waals surface area contributed by atoms with Crippen molar-refractivity contribution in [3.63, 3.8) is 0 Å². The van der Waals surface area contributed by atoms with Gasteiger partial charge in [-0.05, 0) is 57.8 Å². The van der Waals surface area contributed by atoms with Crippen molar-refractivity contribution in [2.75, 3.05) is 13.2 Å². The van der Waals surface area contributed by atoms with Crippen molar-refractivity contribution in [3.8, 4) is 0 Å². The minimum Gasteiger partial charge on any atom is -0.466 e. The van der Waals surface area contributed by atoms with Gasteiger partial charge in [-0.3, -0.25) is 9.59 Å². The molecule has 0 aromatic rings. The van der Waals surface area contributed by atoms with Crippen LogP contribution in [0, 0.1) is 0 Å². The van der Waals surface area contributed by atoms with Crippen molar-refractivity contribution in [1.82, 2.24) is 5.32 Å². The Hall–Kier alpha value is -1.66. The Bertz CT molecular complexity index is 1330. The Morgan fingerprint density at radius 2 is 0.553 bits per heavy atom. The molecule has 0 fully saturated rings. The lowest BCUT2D eigenvalue weighted by Gasteiger charge is -2.20. The highest BCUT2D eigenvalue weighted by Gasteiger charge is 2.18. The monoisotopic (exact) mass is 1200 g/mol. The first-order valence-corrected chi connectivity index (χ1v) is 39.1. The normalized spacial score (nSPS) is 12.6. The summed E-state index contributed by atoms with van der Waals surface area (Å²) in [6.07, 6.45) is 95.7. The number of aliphatic hydroxyl groups is 2. The fourth-order valence-electron chi connectivity index (χ4n) is 12.5. The van der Waals surface area contributed by atoms with Gasteiger partial charge in [-0.15, -0.1) is 0 Å². The van der Waals surface area contributed by atoms with Gasteiger partial charge in [-0.2, -0.15) is 0 Å². The molecule has 0 aromatic carbocycles. The minimum atomic E-state index is -0.843. The Balaban J connectivity index is 3.36. The molecule has 6 nitrogen and oxygen atoms in total. The third-order valence-corrected chi connectivity index (χ3v) is 18.5. The van der Waals surface area contributed by atoms with Gasteiger partial charge >= 0.3 is 5.97 Å². The van der Waals surface area contributed by atoms with Crippen molar-refractivity contribution in [3.05, 3.63) is 24.3 Å². The standard InChI is InChI=1S/C79H153NO5/c1-3-5-7-9-11-13-15-17-19-21-23-24-33-36-39-43-47-51-55-59-63-67-71-77(82)76(75-81)80-78(83)72-68-64-60-56-52-48-44-40-37-34-31-29-27-25-26-28-30-32-35-38-42-46-50-54-58-62-66-70-74-85-79(84)73-69-65-61-57-53-49-45-41-22-20-18-16-14-12-10-8-6-4-2/h20,22,67,71,76-77,81-82H,3-19,21,23-66,68-70,72-75H2,1-2H3,(H,80,83)/b22-20-,71-67+. The van der Waals surface area contributed by atoms with Gasteiger partial charge in [-0.25, -0.2) is 0 Å². The molecule has 0 radical (unpaired) electrons. The molecule has 3 N–H and O–H groups in total. The highest BCUT2D eigenvalue weighted by atomic mass is 16.5. The summed E-state index contributed by atoms with van der Waals surface area (Å²) in [6, 6.07) is -0.627. The number of allylic oxidation sites excluding steroid dienone is 3. The second-order valence-electron chi connectivity index (χ2n) is 27.0. The molecule has 0 saturated carbocycles. The number of rotatable bonds is 74. The number of carbonyl (C=O) groups excluding carboxylic acids is 2. The number of hydrogen-bond acceptors (Lipinski definition) is 5. The van der Waals surface area contributed by atoms with E-state index in [1.54, 1.807) is 6.08 Å². The van der Waals surface area contributed by atoms with Crippen LogP contribution in [-0.4, -0.2) is 47.4 Å².